The first-order chi connectivity index (χ1) is 13.6. The maximum atomic E-state index is 13.4. The number of benzene rings is 2. The second-order valence-electron chi connectivity index (χ2n) is 7.54. The van der Waals surface area contributed by atoms with Crippen molar-refractivity contribution in [2.45, 2.75) is 52.2 Å². The van der Waals surface area contributed by atoms with Gasteiger partial charge in [-0.2, -0.15) is 0 Å². The van der Waals surface area contributed by atoms with Crippen molar-refractivity contribution in [2.24, 2.45) is 0 Å². The van der Waals surface area contributed by atoms with Gasteiger partial charge in [-0.25, -0.2) is 0 Å². The van der Waals surface area contributed by atoms with E-state index in [2.05, 4.69) is 80.1 Å². The number of nitrogens with zero attached hydrogens (tertiary/aromatic N) is 2. The maximum Gasteiger partial charge on any atom is 0.230 e. The molecule has 0 radical (unpaired) electrons. The number of carbonyl (C=O) groups excluding carboxylic acids is 1. The highest BCUT2D eigenvalue weighted by Gasteiger charge is 2.26. The van der Waals surface area contributed by atoms with Crippen molar-refractivity contribution < 1.29 is 4.79 Å². The molecule has 3 rings (SSSR count). The summed E-state index contributed by atoms with van der Waals surface area (Å²) in [6.45, 7) is 7.73. The van der Waals surface area contributed by atoms with Gasteiger partial charge in [0.2, 0.25) is 5.91 Å². The average Bonchev–Trinajstić information content (AvgIpc) is 3.14. The molecule has 0 fully saturated rings. The van der Waals surface area contributed by atoms with Crippen LogP contribution in [0.25, 0.3) is 0 Å². The van der Waals surface area contributed by atoms with Gasteiger partial charge in [0.1, 0.15) is 0 Å². The van der Waals surface area contributed by atoms with Crippen LogP contribution >= 0.6 is 0 Å². The number of aromatic nitrogens is 1. The smallest absolute Gasteiger partial charge is 0.230 e. The van der Waals surface area contributed by atoms with Crippen LogP contribution in [0.3, 0.4) is 0 Å². The molecule has 0 aliphatic carbocycles. The van der Waals surface area contributed by atoms with E-state index in [4.69, 9.17) is 0 Å². The van der Waals surface area contributed by atoms with E-state index in [-0.39, 0.29) is 17.9 Å². The molecule has 146 valence electrons. The molecule has 0 saturated carbocycles. The van der Waals surface area contributed by atoms with E-state index in [9.17, 15) is 4.79 Å². The Bertz CT molecular complexity index is 868. The quantitative estimate of drug-likeness (QED) is 0.513. The summed E-state index contributed by atoms with van der Waals surface area (Å²) in [6.07, 6.45) is 2.90. The second kappa shape index (κ2) is 9.41. The molecule has 3 heteroatoms. The zero-order valence-electron chi connectivity index (χ0n) is 17.1. The number of rotatable bonds is 8. The highest BCUT2D eigenvalue weighted by Crippen LogP contribution is 2.24. The first-order valence-corrected chi connectivity index (χ1v) is 10.1. The van der Waals surface area contributed by atoms with Gasteiger partial charge in [-0.1, -0.05) is 67.6 Å². The monoisotopic (exact) mass is 374 g/mol. The highest BCUT2D eigenvalue weighted by molar-refractivity contribution is 5.84. The molecule has 0 N–H and O–H groups in total. The third-order valence-corrected chi connectivity index (χ3v) is 5.27. The minimum Gasteiger partial charge on any atom is -0.345 e. The van der Waals surface area contributed by atoms with Gasteiger partial charge in [0.25, 0.3) is 0 Å². The first-order valence-electron chi connectivity index (χ1n) is 10.1. The van der Waals surface area contributed by atoms with E-state index in [0.29, 0.717) is 6.54 Å². The summed E-state index contributed by atoms with van der Waals surface area (Å²) in [7, 11) is 0. The number of hydrogen-bond acceptors (Lipinski definition) is 1. The molecule has 0 unspecified atom stereocenters. The minimum absolute atomic E-state index is 0.0962. The lowest BCUT2D eigenvalue weighted by molar-refractivity contribution is -0.135. The van der Waals surface area contributed by atoms with Gasteiger partial charge in [0, 0.05) is 24.5 Å². The van der Waals surface area contributed by atoms with Crippen molar-refractivity contribution in [1.29, 1.82) is 0 Å². The molecule has 2 aromatic carbocycles. The van der Waals surface area contributed by atoms with Crippen LogP contribution in [0, 0.1) is 0 Å². The van der Waals surface area contributed by atoms with E-state index in [1.807, 2.05) is 29.2 Å². The van der Waals surface area contributed by atoms with Crippen molar-refractivity contribution >= 4 is 5.91 Å². The first kappa shape index (κ1) is 19.9. The predicted octanol–water partition coefficient (Wildman–Crippen LogP) is 5.47. The lowest BCUT2D eigenvalue weighted by Crippen LogP contribution is -2.40. The topological polar surface area (TPSA) is 25.2 Å². The Balaban J connectivity index is 1.80. The molecular weight excluding hydrogens is 344 g/mol. The molecule has 3 nitrogen and oxygen atoms in total. The summed E-state index contributed by atoms with van der Waals surface area (Å²) in [5, 5.41) is 0. The second-order valence-corrected chi connectivity index (χ2v) is 7.54. The van der Waals surface area contributed by atoms with E-state index in [1.165, 1.54) is 5.56 Å². The predicted molar refractivity (Wildman–Crippen MR) is 115 cm³/mol. The van der Waals surface area contributed by atoms with Crippen molar-refractivity contribution in [2.75, 3.05) is 0 Å². The molecule has 0 aliphatic rings. The van der Waals surface area contributed by atoms with Gasteiger partial charge in [-0.05, 0) is 43.5 Å². The van der Waals surface area contributed by atoms with Crippen molar-refractivity contribution in [3.63, 3.8) is 0 Å². The summed E-state index contributed by atoms with van der Waals surface area (Å²) in [4.78, 5) is 15.4. The van der Waals surface area contributed by atoms with Crippen LogP contribution in [0.1, 0.15) is 49.9 Å². The third kappa shape index (κ3) is 4.72. The van der Waals surface area contributed by atoms with Crippen molar-refractivity contribution in [3.05, 3.63) is 95.8 Å². The SMILES string of the molecule is CC[C@H](C(=O)N(Cc1cccn1Cc1ccccc1)C(C)C)c1ccccc1. The van der Waals surface area contributed by atoms with Gasteiger partial charge in [-0.15, -0.1) is 0 Å². The molecule has 0 bridgehead atoms. The summed E-state index contributed by atoms with van der Waals surface area (Å²) in [5.74, 6) is 0.109. The van der Waals surface area contributed by atoms with E-state index in [1.54, 1.807) is 0 Å². The molecule has 0 saturated heterocycles. The standard InChI is InChI=1S/C25H30N2O/c1-4-24(22-14-9-6-10-15-22)25(28)27(20(2)3)19-23-16-11-17-26(23)18-21-12-7-5-8-13-21/h5-17,20,24H,4,18-19H2,1-3H3/t24-/m0/s1. The van der Waals surface area contributed by atoms with Crippen LogP contribution in [0.5, 0.6) is 0 Å². The van der Waals surface area contributed by atoms with Crippen LogP contribution in [-0.2, 0) is 17.9 Å². The number of amides is 1. The highest BCUT2D eigenvalue weighted by atomic mass is 16.2. The summed E-state index contributed by atoms with van der Waals surface area (Å²) >= 11 is 0. The van der Waals surface area contributed by atoms with Gasteiger partial charge < -0.3 is 9.47 Å². The fourth-order valence-electron chi connectivity index (χ4n) is 3.66. The third-order valence-electron chi connectivity index (χ3n) is 5.27. The lowest BCUT2D eigenvalue weighted by atomic mass is 9.94. The van der Waals surface area contributed by atoms with Crippen LogP contribution in [0.15, 0.2) is 79.0 Å². The molecular formula is C25H30N2O. The minimum atomic E-state index is -0.0962. The Morgan fingerprint density at radius 2 is 1.57 bits per heavy atom. The van der Waals surface area contributed by atoms with E-state index >= 15 is 0 Å². The Morgan fingerprint density at radius 1 is 0.929 bits per heavy atom. The van der Waals surface area contributed by atoms with Crippen molar-refractivity contribution in [1.82, 2.24) is 9.47 Å². The van der Waals surface area contributed by atoms with Gasteiger partial charge in [-0.3, -0.25) is 4.79 Å². The zero-order valence-corrected chi connectivity index (χ0v) is 17.1. The summed E-state index contributed by atoms with van der Waals surface area (Å²) in [5.41, 5.74) is 3.52. The zero-order chi connectivity index (χ0) is 19.9. The number of carbonyl (C=O) groups is 1. The fourth-order valence-corrected chi connectivity index (χ4v) is 3.66. The normalized spacial score (nSPS) is 12.1. The Hall–Kier alpha value is -2.81. The molecule has 0 aliphatic heterocycles. The lowest BCUT2D eigenvalue weighted by Gasteiger charge is -2.31. The van der Waals surface area contributed by atoms with Crippen LogP contribution in [0.2, 0.25) is 0 Å². The van der Waals surface area contributed by atoms with Gasteiger partial charge >= 0.3 is 0 Å². The molecule has 1 amide bonds. The van der Waals surface area contributed by atoms with Gasteiger partial charge in [0.15, 0.2) is 0 Å². The largest absolute Gasteiger partial charge is 0.345 e. The summed E-state index contributed by atoms with van der Waals surface area (Å²) < 4.78 is 2.24. The molecule has 0 spiro atoms. The van der Waals surface area contributed by atoms with Crippen molar-refractivity contribution in [3.8, 4) is 0 Å². The Labute approximate surface area is 168 Å². The van der Waals surface area contributed by atoms with E-state index < -0.39 is 0 Å². The molecule has 1 atom stereocenters. The Kier molecular flexibility index (Phi) is 6.70. The summed E-state index contributed by atoms with van der Waals surface area (Å²) in [6, 6.07) is 24.9. The fraction of sp³-hybridized carbons (Fsp3) is 0.320. The maximum absolute atomic E-state index is 13.4. The Morgan fingerprint density at radius 3 is 2.18 bits per heavy atom. The van der Waals surface area contributed by atoms with Crippen LogP contribution < -0.4 is 0 Å². The van der Waals surface area contributed by atoms with Crippen LogP contribution in [0.4, 0.5) is 0 Å². The molecule has 1 heterocycles. The molecule has 1 aromatic heterocycles. The van der Waals surface area contributed by atoms with Gasteiger partial charge in [0.05, 0.1) is 12.5 Å². The molecule has 3 aromatic rings. The number of hydrogen-bond donors (Lipinski definition) is 0. The average molecular weight is 375 g/mol. The van der Waals surface area contributed by atoms with E-state index in [0.717, 1.165) is 24.2 Å². The van der Waals surface area contributed by atoms with Crippen LogP contribution in [-0.4, -0.2) is 21.4 Å². The molecule has 28 heavy (non-hydrogen) atoms.